The number of hydrogen-bond acceptors (Lipinski definition) is 6. The van der Waals surface area contributed by atoms with Gasteiger partial charge in [-0.2, -0.15) is 0 Å². The molecule has 0 bridgehead atoms. The molecular formula is C24H30Cl2N4O4. The molecule has 2 amide bonds. The Bertz CT molecular complexity index is 1050. The molecule has 34 heavy (non-hydrogen) atoms. The highest BCUT2D eigenvalue weighted by Gasteiger charge is 2.32. The van der Waals surface area contributed by atoms with Crippen LogP contribution in [0.5, 0.6) is 5.88 Å². The summed E-state index contributed by atoms with van der Waals surface area (Å²) in [6, 6.07) is 5.31. The Balaban J connectivity index is 1.89. The van der Waals surface area contributed by atoms with Crippen LogP contribution in [0.1, 0.15) is 46.1 Å². The number of piperidine rings is 1. The van der Waals surface area contributed by atoms with Crippen molar-refractivity contribution in [3.05, 3.63) is 40.1 Å². The second kappa shape index (κ2) is 10.8. The highest BCUT2D eigenvalue weighted by molar-refractivity contribution is 6.42. The van der Waals surface area contributed by atoms with Gasteiger partial charge in [0, 0.05) is 43.4 Å². The molecular weight excluding hydrogens is 479 g/mol. The molecule has 0 radical (unpaired) electrons. The third-order valence-corrected chi connectivity index (χ3v) is 6.34. The molecule has 0 aromatic carbocycles. The quantitative estimate of drug-likeness (QED) is 0.515. The van der Waals surface area contributed by atoms with Crippen molar-refractivity contribution in [2.24, 2.45) is 0 Å². The van der Waals surface area contributed by atoms with E-state index >= 15 is 0 Å². The van der Waals surface area contributed by atoms with Crippen molar-refractivity contribution in [3.63, 3.8) is 0 Å². The van der Waals surface area contributed by atoms with E-state index in [-0.39, 0.29) is 23.6 Å². The van der Waals surface area contributed by atoms with E-state index in [9.17, 15) is 9.59 Å². The SMILES string of the molecule is COc1nc(-c2ccnc(Cl)c2Cl)ccc1CN(C(=O)OC(C)(C)C)C1CCN(C(C)=O)CC1. The summed E-state index contributed by atoms with van der Waals surface area (Å²) in [6.45, 7) is 8.50. The summed E-state index contributed by atoms with van der Waals surface area (Å²) in [5.74, 6) is 0.412. The number of methoxy groups -OCH3 is 1. The Labute approximate surface area is 210 Å². The van der Waals surface area contributed by atoms with Gasteiger partial charge in [0.1, 0.15) is 10.8 Å². The zero-order chi connectivity index (χ0) is 25.0. The lowest BCUT2D eigenvalue weighted by Gasteiger charge is -2.39. The Morgan fingerprint density at radius 2 is 1.85 bits per heavy atom. The van der Waals surface area contributed by atoms with Crippen LogP contribution in [0.2, 0.25) is 10.2 Å². The molecule has 0 saturated carbocycles. The minimum Gasteiger partial charge on any atom is -0.481 e. The smallest absolute Gasteiger partial charge is 0.410 e. The Kier molecular flexibility index (Phi) is 8.25. The highest BCUT2D eigenvalue weighted by Crippen LogP contribution is 2.33. The lowest BCUT2D eigenvalue weighted by molar-refractivity contribution is -0.130. The monoisotopic (exact) mass is 508 g/mol. The molecule has 8 nitrogen and oxygen atoms in total. The van der Waals surface area contributed by atoms with Crippen LogP contribution in [-0.2, 0) is 16.1 Å². The van der Waals surface area contributed by atoms with Gasteiger partial charge in [-0.3, -0.25) is 4.79 Å². The molecule has 2 aromatic rings. The molecule has 0 unspecified atom stereocenters. The number of pyridine rings is 2. The molecule has 0 aliphatic carbocycles. The molecule has 0 spiro atoms. The molecule has 10 heteroatoms. The van der Waals surface area contributed by atoms with Crippen LogP contribution in [0, 0.1) is 0 Å². The fourth-order valence-corrected chi connectivity index (χ4v) is 4.24. The molecule has 0 N–H and O–H groups in total. The highest BCUT2D eigenvalue weighted by atomic mass is 35.5. The first kappa shape index (κ1) is 26.0. The zero-order valence-corrected chi connectivity index (χ0v) is 21.6. The summed E-state index contributed by atoms with van der Waals surface area (Å²) >= 11 is 12.4. The number of carbonyl (C=O) groups is 2. The molecule has 1 aliphatic rings. The summed E-state index contributed by atoms with van der Waals surface area (Å²) in [5.41, 5.74) is 1.29. The third kappa shape index (κ3) is 6.30. The number of hydrogen-bond donors (Lipinski definition) is 0. The van der Waals surface area contributed by atoms with E-state index in [1.807, 2.05) is 26.8 Å². The molecule has 3 rings (SSSR count). The summed E-state index contributed by atoms with van der Waals surface area (Å²) in [4.78, 5) is 37.0. The first-order valence-corrected chi connectivity index (χ1v) is 11.8. The van der Waals surface area contributed by atoms with Gasteiger partial charge in [0.25, 0.3) is 0 Å². The molecule has 184 valence electrons. The minimum atomic E-state index is -0.640. The zero-order valence-electron chi connectivity index (χ0n) is 20.1. The van der Waals surface area contributed by atoms with E-state index in [1.165, 1.54) is 7.11 Å². The summed E-state index contributed by atoms with van der Waals surface area (Å²) in [6.07, 6.45) is 2.47. The van der Waals surface area contributed by atoms with Gasteiger partial charge < -0.3 is 19.3 Å². The number of halogens is 2. The van der Waals surface area contributed by atoms with Crippen molar-refractivity contribution >= 4 is 35.2 Å². The van der Waals surface area contributed by atoms with Gasteiger partial charge in [-0.1, -0.05) is 23.2 Å². The average Bonchev–Trinajstić information content (AvgIpc) is 2.78. The normalized spacial score (nSPS) is 14.6. The van der Waals surface area contributed by atoms with E-state index in [0.717, 1.165) is 5.56 Å². The third-order valence-electron chi connectivity index (χ3n) is 5.57. The molecule has 1 saturated heterocycles. The van der Waals surface area contributed by atoms with Gasteiger partial charge in [0.2, 0.25) is 11.8 Å². The van der Waals surface area contributed by atoms with Gasteiger partial charge in [-0.05, 0) is 51.8 Å². The maximum atomic E-state index is 13.2. The lowest BCUT2D eigenvalue weighted by Crippen LogP contribution is -2.49. The van der Waals surface area contributed by atoms with Gasteiger partial charge in [-0.25, -0.2) is 14.8 Å². The van der Waals surface area contributed by atoms with E-state index < -0.39 is 11.7 Å². The number of aromatic nitrogens is 2. The Hall–Kier alpha value is -2.58. The van der Waals surface area contributed by atoms with E-state index in [4.69, 9.17) is 32.7 Å². The lowest BCUT2D eigenvalue weighted by atomic mass is 10.0. The van der Waals surface area contributed by atoms with Gasteiger partial charge in [0.05, 0.1) is 24.4 Å². The van der Waals surface area contributed by atoms with Crippen LogP contribution in [0.15, 0.2) is 24.4 Å². The van der Waals surface area contributed by atoms with Crippen LogP contribution in [0.4, 0.5) is 4.79 Å². The van der Waals surface area contributed by atoms with Gasteiger partial charge >= 0.3 is 6.09 Å². The summed E-state index contributed by atoms with van der Waals surface area (Å²) < 4.78 is 11.3. The number of ether oxygens (including phenoxy) is 2. The van der Waals surface area contributed by atoms with Crippen molar-refractivity contribution in [2.75, 3.05) is 20.2 Å². The molecule has 3 heterocycles. The van der Waals surface area contributed by atoms with E-state index in [0.29, 0.717) is 48.1 Å². The largest absolute Gasteiger partial charge is 0.481 e. The van der Waals surface area contributed by atoms with Crippen LogP contribution >= 0.6 is 23.2 Å². The topological polar surface area (TPSA) is 84.9 Å². The van der Waals surface area contributed by atoms with Crippen LogP contribution in [0.25, 0.3) is 11.3 Å². The van der Waals surface area contributed by atoms with Crippen molar-refractivity contribution in [1.82, 2.24) is 19.8 Å². The summed E-state index contributed by atoms with van der Waals surface area (Å²) in [5, 5.41) is 0.496. The maximum Gasteiger partial charge on any atom is 0.410 e. The minimum absolute atomic E-state index is 0.0404. The number of carbonyl (C=O) groups excluding carboxylic acids is 2. The molecule has 0 atom stereocenters. The molecule has 2 aromatic heterocycles. The number of rotatable bonds is 5. The van der Waals surface area contributed by atoms with Crippen molar-refractivity contribution in [1.29, 1.82) is 0 Å². The van der Waals surface area contributed by atoms with Crippen molar-refractivity contribution in [3.8, 4) is 17.1 Å². The predicted octanol–water partition coefficient (Wildman–Crippen LogP) is 5.21. The first-order chi connectivity index (χ1) is 16.0. The van der Waals surface area contributed by atoms with E-state index in [2.05, 4.69) is 9.97 Å². The average molecular weight is 509 g/mol. The fourth-order valence-electron chi connectivity index (χ4n) is 3.87. The standard InChI is InChI=1S/C24H30Cl2N4O4/c1-15(31)29-12-9-17(10-13-29)30(23(32)34-24(2,3)4)14-16-6-7-19(28-22(16)33-5)18-8-11-27-21(26)20(18)25/h6-8,11,17H,9-10,12-14H2,1-5H3. The number of nitrogens with zero attached hydrogens (tertiary/aromatic N) is 4. The summed E-state index contributed by atoms with van der Waals surface area (Å²) in [7, 11) is 1.53. The van der Waals surface area contributed by atoms with Crippen LogP contribution < -0.4 is 4.74 Å². The van der Waals surface area contributed by atoms with Crippen molar-refractivity contribution in [2.45, 2.75) is 58.7 Å². The van der Waals surface area contributed by atoms with Gasteiger partial charge in [0.15, 0.2) is 0 Å². The number of likely N-dealkylation sites (tertiary alicyclic amines) is 1. The predicted molar refractivity (Wildman–Crippen MR) is 131 cm³/mol. The van der Waals surface area contributed by atoms with Crippen molar-refractivity contribution < 1.29 is 19.1 Å². The van der Waals surface area contributed by atoms with Gasteiger partial charge in [-0.15, -0.1) is 0 Å². The fraction of sp³-hybridized carbons (Fsp3) is 0.500. The van der Waals surface area contributed by atoms with E-state index in [1.54, 1.807) is 35.1 Å². The first-order valence-electron chi connectivity index (χ1n) is 11.1. The van der Waals surface area contributed by atoms with Crippen LogP contribution in [0.3, 0.4) is 0 Å². The Morgan fingerprint density at radius 1 is 1.18 bits per heavy atom. The Morgan fingerprint density at radius 3 is 2.44 bits per heavy atom. The number of amides is 2. The maximum absolute atomic E-state index is 13.2. The second-order valence-corrected chi connectivity index (χ2v) is 9.91. The second-order valence-electron chi connectivity index (χ2n) is 9.17. The molecule has 1 fully saturated rings. The molecule has 1 aliphatic heterocycles. The van der Waals surface area contributed by atoms with Crippen LogP contribution in [-0.4, -0.2) is 63.6 Å².